The molecule has 0 bridgehead atoms. The number of anilines is 2. The first-order chi connectivity index (χ1) is 16.7. The summed E-state index contributed by atoms with van der Waals surface area (Å²) in [7, 11) is -3.33. The third kappa shape index (κ3) is 4.33. The number of fused-ring (bicyclic) bond motifs is 3. The maximum absolute atomic E-state index is 13.4. The van der Waals surface area contributed by atoms with Crippen LogP contribution in [0, 0.1) is 0 Å². The van der Waals surface area contributed by atoms with E-state index in [0.29, 0.717) is 30.2 Å². The van der Waals surface area contributed by atoms with Crippen molar-refractivity contribution < 1.29 is 27.9 Å². The maximum atomic E-state index is 13.4. The summed E-state index contributed by atoms with van der Waals surface area (Å²) >= 11 is 0. The van der Waals surface area contributed by atoms with Crippen LogP contribution >= 0.6 is 0 Å². The molecule has 4 heterocycles. The molecule has 2 aliphatic heterocycles. The topological polar surface area (TPSA) is 143 Å². The van der Waals surface area contributed by atoms with E-state index in [-0.39, 0.29) is 35.3 Å². The zero-order chi connectivity index (χ0) is 24.7. The lowest BCUT2D eigenvalue weighted by molar-refractivity contribution is -0.122. The van der Waals surface area contributed by atoms with Gasteiger partial charge in [-0.1, -0.05) is 12.1 Å². The molecule has 0 saturated carbocycles. The molecule has 1 N–H and O–H groups in total. The summed E-state index contributed by atoms with van der Waals surface area (Å²) in [5, 5.41) is 9.29. The van der Waals surface area contributed by atoms with E-state index in [4.69, 9.17) is 9.72 Å². The normalized spacial score (nSPS) is 17.6. The van der Waals surface area contributed by atoms with Gasteiger partial charge in [0.1, 0.15) is 11.7 Å². The van der Waals surface area contributed by atoms with Gasteiger partial charge in [0.25, 0.3) is 5.91 Å². The van der Waals surface area contributed by atoms with Crippen LogP contribution in [0.5, 0.6) is 0 Å². The van der Waals surface area contributed by atoms with Crippen LogP contribution in [-0.4, -0.2) is 72.4 Å². The summed E-state index contributed by atoms with van der Waals surface area (Å²) in [5.41, 5.74) is 1.70. The number of hydrogen-bond donors (Lipinski definition) is 1. The molecule has 5 rings (SSSR count). The third-order valence-corrected chi connectivity index (χ3v) is 7.06. The van der Waals surface area contributed by atoms with Gasteiger partial charge in [-0.05, 0) is 23.8 Å². The van der Waals surface area contributed by atoms with Gasteiger partial charge in [0.15, 0.2) is 21.5 Å². The largest absolute Gasteiger partial charge is 0.478 e. The first kappa shape index (κ1) is 22.9. The summed E-state index contributed by atoms with van der Waals surface area (Å²) < 4.78 is 29.1. The first-order valence-electron chi connectivity index (χ1n) is 10.7. The number of rotatable bonds is 5. The molecule has 3 aromatic rings. The molecule has 12 heteroatoms. The Balaban J connectivity index is 1.55. The number of carboxylic acid groups (broad SMARTS) is 1. The highest BCUT2D eigenvalue weighted by Crippen LogP contribution is 2.37. The monoisotopic (exact) mass is 495 g/mol. The lowest BCUT2D eigenvalue weighted by Crippen LogP contribution is -2.58. The van der Waals surface area contributed by atoms with Crippen molar-refractivity contribution in [3.8, 4) is 11.4 Å². The Morgan fingerprint density at radius 2 is 1.97 bits per heavy atom. The average Bonchev–Trinajstić information content (AvgIpc) is 2.86. The minimum atomic E-state index is -3.33. The fourth-order valence-corrected chi connectivity index (χ4v) is 4.77. The zero-order valence-corrected chi connectivity index (χ0v) is 19.5. The van der Waals surface area contributed by atoms with Crippen LogP contribution in [0.3, 0.4) is 0 Å². The molecule has 1 aromatic carbocycles. The maximum Gasteiger partial charge on any atom is 0.337 e. The van der Waals surface area contributed by atoms with Crippen molar-refractivity contribution in [3.63, 3.8) is 0 Å². The van der Waals surface area contributed by atoms with Gasteiger partial charge in [-0.15, -0.1) is 0 Å². The molecule has 1 fully saturated rings. The van der Waals surface area contributed by atoms with Gasteiger partial charge in [-0.2, -0.15) is 0 Å². The molecule has 1 amide bonds. The molecular weight excluding hydrogens is 474 g/mol. The molecule has 1 unspecified atom stereocenters. The minimum absolute atomic E-state index is 0.0161. The highest BCUT2D eigenvalue weighted by Gasteiger charge is 2.41. The number of morpholine rings is 1. The number of pyridine rings is 1. The number of nitrogens with zero attached hydrogens (tertiary/aromatic N) is 5. The Morgan fingerprint density at radius 1 is 1.20 bits per heavy atom. The lowest BCUT2D eigenvalue weighted by Gasteiger charge is -2.43. The summed E-state index contributed by atoms with van der Waals surface area (Å²) in [6, 6.07) is 7.24. The van der Waals surface area contributed by atoms with Crippen molar-refractivity contribution in [2.24, 2.45) is 0 Å². The van der Waals surface area contributed by atoms with E-state index in [1.165, 1.54) is 30.6 Å². The number of aromatic carboxylic acids is 1. The highest BCUT2D eigenvalue weighted by molar-refractivity contribution is 7.90. The van der Waals surface area contributed by atoms with Gasteiger partial charge < -0.3 is 19.6 Å². The van der Waals surface area contributed by atoms with Gasteiger partial charge >= 0.3 is 5.97 Å². The van der Waals surface area contributed by atoms with Gasteiger partial charge in [0, 0.05) is 30.8 Å². The number of aromatic nitrogens is 3. The molecular formula is C23H21N5O6S. The lowest BCUT2D eigenvalue weighted by atomic mass is 10.1. The Labute approximate surface area is 200 Å². The van der Waals surface area contributed by atoms with Crippen LogP contribution in [0.25, 0.3) is 11.4 Å². The second kappa shape index (κ2) is 8.71. The van der Waals surface area contributed by atoms with E-state index in [0.717, 1.165) is 11.8 Å². The van der Waals surface area contributed by atoms with Crippen LogP contribution in [0.15, 0.2) is 53.8 Å². The van der Waals surface area contributed by atoms with Crippen molar-refractivity contribution >= 4 is 33.2 Å². The smallest absolute Gasteiger partial charge is 0.337 e. The average molecular weight is 496 g/mol. The number of hydrogen-bond acceptors (Lipinski definition) is 9. The molecule has 1 saturated heterocycles. The summed E-state index contributed by atoms with van der Waals surface area (Å²) in [4.78, 5) is 41.5. The van der Waals surface area contributed by atoms with Crippen LogP contribution < -0.4 is 9.80 Å². The van der Waals surface area contributed by atoms with E-state index >= 15 is 0 Å². The number of amides is 1. The SMILES string of the molecule is CS(=O)(=O)c1ccc(CN2C(=O)C3COCCN3c3nc(-c4cncc(C(=O)O)c4)ncc32)cc1. The zero-order valence-electron chi connectivity index (χ0n) is 18.7. The summed E-state index contributed by atoms with van der Waals surface area (Å²) in [5.74, 6) is -0.452. The van der Waals surface area contributed by atoms with Gasteiger partial charge in [-0.3, -0.25) is 9.78 Å². The molecule has 1 atom stereocenters. The Morgan fingerprint density at radius 3 is 2.69 bits per heavy atom. The van der Waals surface area contributed by atoms with Crippen molar-refractivity contribution in [1.29, 1.82) is 0 Å². The molecule has 2 aromatic heterocycles. The van der Waals surface area contributed by atoms with Crippen molar-refractivity contribution in [2.45, 2.75) is 17.5 Å². The quantitative estimate of drug-likeness (QED) is 0.551. The highest BCUT2D eigenvalue weighted by atomic mass is 32.2. The first-order valence-corrected chi connectivity index (χ1v) is 12.6. The van der Waals surface area contributed by atoms with Crippen LogP contribution in [0.2, 0.25) is 0 Å². The second-order valence-corrected chi connectivity index (χ2v) is 10.3. The number of ether oxygens (including phenoxy) is 1. The second-order valence-electron chi connectivity index (χ2n) is 8.29. The van der Waals surface area contributed by atoms with Crippen LogP contribution in [-0.2, 0) is 25.9 Å². The van der Waals surface area contributed by atoms with Crippen molar-refractivity contribution in [2.75, 3.05) is 35.8 Å². The summed E-state index contributed by atoms with van der Waals surface area (Å²) in [6.45, 7) is 1.30. The number of sulfone groups is 1. The molecule has 35 heavy (non-hydrogen) atoms. The van der Waals surface area contributed by atoms with E-state index in [1.54, 1.807) is 23.2 Å². The van der Waals surface area contributed by atoms with E-state index in [9.17, 15) is 23.1 Å². The van der Waals surface area contributed by atoms with E-state index in [1.807, 2.05) is 4.90 Å². The van der Waals surface area contributed by atoms with Crippen molar-refractivity contribution in [3.05, 3.63) is 60.0 Å². The fourth-order valence-electron chi connectivity index (χ4n) is 4.13. The minimum Gasteiger partial charge on any atom is -0.478 e. The van der Waals surface area contributed by atoms with E-state index < -0.39 is 21.8 Å². The Hall–Kier alpha value is -3.90. The van der Waals surface area contributed by atoms with E-state index in [2.05, 4.69) is 9.97 Å². The number of benzene rings is 1. The van der Waals surface area contributed by atoms with Gasteiger partial charge in [-0.25, -0.2) is 23.2 Å². The number of carbonyl (C=O) groups is 2. The van der Waals surface area contributed by atoms with Crippen LogP contribution in [0.1, 0.15) is 15.9 Å². The molecule has 2 aliphatic rings. The van der Waals surface area contributed by atoms with Crippen LogP contribution in [0.4, 0.5) is 11.5 Å². The fraction of sp³-hybridized carbons (Fsp3) is 0.261. The Bertz CT molecular complexity index is 1430. The predicted molar refractivity (Wildman–Crippen MR) is 125 cm³/mol. The molecule has 11 nitrogen and oxygen atoms in total. The number of carboxylic acids is 1. The molecule has 180 valence electrons. The van der Waals surface area contributed by atoms with Crippen molar-refractivity contribution in [1.82, 2.24) is 15.0 Å². The standard InChI is InChI=1S/C23H21N5O6S/c1-35(32,33)17-4-2-14(3-5-17)12-28-18-11-25-20(15-8-16(23(30)31)10-24-9-15)26-21(18)27-6-7-34-13-19(27)22(28)29/h2-5,8-11,19H,6-7,12-13H2,1H3,(H,30,31). The summed E-state index contributed by atoms with van der Waals surface area (Å²) in [6.07, 6.45) is 5.41. The van der Waals surface area contributed by atoms with Gasteiger partial charge in [0.05, 0.1) is 36.4 Å². The van der Waals surface area contributed by atoms with Gasteiger partial charge in [0.2, 0.25) is 0 Å². The molecule has 0 aliphatic carbocycles. The number of carbonyl (C=O) groups excluding carboxylic acids is 1. The predicted octanol–water partition coefficient (Wildman–Crippen LogP) is 1.39. The molecule has 0 radical (unpaired) electrons. The Kier molecular flexibility index (Phi) is 5.69. The molecule has 0 spiro atoms. The third-order valence-electron chi connectivity index (χ3n) is 5.93.